The number of thiazole rings is 1. The number of carbonyl (C=O) groups excluding carboxylic acids is 1. The van der Waals surface area contributed by atoms with Gasteiger partial charge in [-0.15, -0.1) is 0 Å². The van der Waals surface area contributed by atoms with E-state index in [0.29, 0.717) is 49.1 Å². The maximum absolute atomic E-state index is 14.2. The minimum atomic E-state index is -0.722. The summed E-state index contributed by atoms with van der Waals surface area (Å²) in [5, 5.41) is 12.4. The van der Waals surface area contributed by atoms with Crippen molar-refractivity contribution in [3.05, 3.63) is 148 Å². The Hall–Kier alpha value is -5.19. The molecule has 1 aliphatic rings. The van der Waals surface area contributed by atoms with Crippen LogP contribution in [0.15, 0.2) is 112 Å². The first-order valence-electron chi connectivity index (χ1n) is 14.8. The van der Waals surface area contributed by atoms with Gasteiger partial charge in [0.2, 0.25) is 0 Å². The average Bonchev–Trinajstić information content (AvgIpc) is 3.40. The van der Waals surface area contributed by atoms with Crippen LogP contribution in [-0.2, 0) is 11.4 Å². The zero-order valence-electron chi connectivity index (χ0n) is 26.2. The second-order valence-corrected chi connectivity index (χ2v) is 12.9. The SMILES string of the molecule is COc1ccc([C@H]2C(C(=O)Nc3ccccc3)=C(C)N=c3s/c(=C/c4cc(I)c(OCc5ccccc5C#N)c(OC)c4)c(=O)n32)cc1. The number of rotatable bonds is 9. The lowest BCUT2D eigenvalue weighted by Crippen LogP contribution is -2.40. The number of nitriles is 1. The summed E-state index contributed by atoms with van der Waals surface area (Å²) < 4.78 is 20.0. The van der Waals surface area contributed by atoms with E-state index in [2.05, 4.69) is 34.0 Å². The number of carbonyl (C=O) groups is 1. The number of hydrogen-bond donors (Lipinski definition) is 1. The summed E-state index contributed by atoms with van der Waals surface area (Å²) in [4.78, 5) is 33.2. The Labute approximate surface area is 294 Å². The van der Waals surface area contributed by atoms with Crippen LogP contribution in [0.25, 0.3) is 6.08 Å². The highest BCUT2D eigenvalue weighted by molar-refractivity contribution is 14.1. The zero-order chi connectivity index (χ0) is 33.8. The van der Waals surface area contributed by atoms with Crippen molar-refractivity contribution in [1.29, 1.82) is 5.26 Å². The molecular weight excluding hydrogens is 739 g/mol. The molecule has 5 aromatic rings. The fraction of sp³-hybridized carbons (Fsp3) is 0.135. The normalized spacial score (nSPS) is 14.1. The predicted molar refractivity (Wildman–Crippen MR) is 193 cm³/mol. The molecule has 1 N–H and O–H groups in total. The number of para-hydroxylation sites is 1. The van der Waals surface area contributed by atoms with Crippen LogP contribution in [0.2, 0.25) is 0 Å². The van der Waals surface area contributed by atoms with Crippen molar-refractivity contribution >= 4 is 51.6 Å². The minimum absolute atomic E-state index is 0.193. The monoisotopic (exact) mass is 768 g/mol. The first-order chi connectivity index (χ1) is 23.3. The maximum Gasteiger partial charge on any atom is 0.271 e. The summed E-state index contributed by atoms with van der Waals surface area (Å²) >= 11 is 3.42. The number of fused-ring (bicyclic) bond motifs is 1. The minimum Gasteiger partial charge on any atom is -0.497 e. The van der Waals surface area contributed by atoms with Crippen LogP contribution >= 0.6 is 33.9 Å². The smallest absolute Gasteiger partial charge is 0.271 e. The molecule has 240 valence electrons. The highest BCUT2D eigenvalue weighted by Gasteiger charge is 2.32. The van der Waals surface area contributed by atoms with Crippen LogP contribution in [0, 0.1) is 14.9 Å². The van der Waals surface area contributed by atoms with E-state index in [-0.39, 0.29) is 18.1 Å². The van der Waals surface area contributed by atoms with Crippen molar-refractivity contribution in [3.63, 3.8) is 0 Å². The summed E-state index contributed by atoms with van der Waals surface area (Å²) in [5.74, 6) is 1.34. The van der Waals surface area contributed by atoms with Gasteiger partial charge in [0.25, 0.3) is 11.5 Å². The topological polar surface area (TPSA) is 115 Å². The van der Waals surface area contributed by atoms with Crippen LogP contribution in [0.5, 0.6) is 17.2 Å². The number of nitrogens with one attached hydrogen (secondary N) is 1. The Kier molecular flexibility index (Phi) is 9.75. The Balaban J connectivity index is 1.40. The van der Waals surface area contributed by atoms with Gasteiger partial charge in [0, 0.05) is 11.3 Å². The average molecular weight is 769 g/mol. The van der Waals surface area contributed by atoms with E-state index < -0.39 is 6.04 Å². The van der Waals surface area contributed by atoms with Gasteiger partial charge in [-0.05, 0) is 89.2 Å². The molecular formula is C37H29IN4O5S. The van der Waals surface area contributed by atoms with Gasteiger partial charge in [0.05, 0.1) is 51.3 Å². The number of anilines is 1. The van der Waals surface area contributed by atoms with E-state index in [1.807, 2.05) is 78.9 Å². The maximum atomic E-state index is 14.2. The number of aromatic nitrogens is 1. The zero-order valence-corrected chi connectivity index (χ0v) is 29.2. The summed E-state index contributed by atoms with van der Waals surface area (Å²) in [6, 6.07) is 29.0. The van der Waals surface area contributed by atoms with E-state index in [1.165, 1.54) is 11.3 Å². The fourth-order valence-electron chi connectivity index (χ4n) is 5.45. The molecule has 4 aromatic carbocycles. The van der Waals surface area contributed by atoms with Gasteiger partial charge < -0.3 is 19.5 Å². The molecule has 6 rings (SSSR count). The van der Waals surface area contributed by atoms with E-state index in [1.54, 1.807) is 43.9 Å². The first-order valence-corrected chi connectivity index (χ1v) is 16.7. The molecule has 2 heterocycles. The van der Waals surface area contributed by atoms with Gasteiger partial charge in [-0.1, -0.05) is 59.9 Å². The molecule has 0 aliphatic carbocycles. The van der Waals surface area contributed by atoms with Crippen LogP contribution in [0.4, 0.5) is 5.69 Å². The molecule has 1 aliphatic heterocycles. The molecule has 11 heteroatoms. The van der Waals surface area contributed by atoms with Gasteiger partial charge >= 0.3 is 0 Å². The summed E-state index contributed by atoms with van der Waals surface area (Å²) in [6.07, 6.45) is 1.79. The Morgan fingerprint density at radius 2 is 1.77 bits per heavy atom. The quantitative estimate of drug-likeness (QED) is 0.186. The third-order valence-electron chi connectivity index (χ3n) is 7.79. The molecule has 1 aromatic heterocycles. The first kappa shape index (κ1) is 32.7. The van der Waals surface area contributed by atoms with Gasteiger partial charge in [0.1, 0.15) is 12.4 Å². The van der Waals surface area contributed by atoms with E-state index in [4.69, 9.17) is 19.2 Å². The number of halogens is 1. The highest BCUT2D eigenvalue weighted by atomic mass is 127. The number of allylic oxidation sites excluding steroid dienone is 1. The molecule has 48 heavy (non-hydrogen) atoms. The van der Waals surface area contributed by atoms with Crippen molar-refractivity contribution in [2.24, 2.45) is 4.99 Å². The molecule has 1 atom stereocenters. The Bertz CT molecular complexity index is 2270. The molecule has 0 spiro atoms. The number of nitrogens with zero attached hydrogens (tertiary/aromatic N) is 3. The molecule has 1 amide bonds. The van der Waals surface area contributed by atoms with Crippen LogP contribution in [-0.4, -0.2) is 24.7 Å². The van der Waals surface area contributed by atoms with Crippen molar-refractivity contribution in [2.45, 2.75) is 19.6 Å². The molecule has 9 nitrogen and oxygen atoms in total. The van der Waals surface area contributed by atoms with Gasteiger partial charge in [-0.25, -0.2) is 4.99 Å². The highest BCUT2D eigenvalue weighted by Crippen LogP contribution is 2.35. The van der Waals surface area contributed by atoms with Crippen molar-refractivity contribution in [1.82, 2.24) is 4.57 Å². The lowest BCUT2D eigenvalue weighted by atomic mass is 9.95. The number of hydrogen-bond acceptors (Lipinski definition) is 8. The second kappa shape index (κ2) is 14.3. The number of benzene rings is 4. The molecule has 0 saturated heterocycles. The van der Waals surface area contributed by atoms with Crippen LogP contribution in [0.1, 0.15) is 35.2 Å². The molecule has 0 saturated carbocycles. The molecule has 0 unspecified atom stereocenters. The fourth-order valence-corrected chi connectivity index (χ4v) is 7.28. The summed E-state index contributed by atoms with van der Waals surface area (Å²) in [7, 11) is 3.14. The number of amides is 1. The Morgan fingerprint density at radius 1 is 1.04 bits per heavy atom. The Morgan fingerprint density at radius 3 is 2.48 bits per heavy atom. The van der Waals surface area contributed by atoms with Gasteiger partial charge in [-0.3, -0.25) is 14.2 Å². The standard InChI is InChI=1S/C37H29IN4O5S/c1-22-32(35(43)41-27-11-5-4-6-12-27)33(24-13-15-28(45-2)16-14-24)42-36(44)31(48-37(42)40-22)19-23-17-29(38)34(30(18-23)46-3)47-21-26-10-8-7-9-25(26)20-39/h4-19,33H,21H2,1-3H3,(H,41,43)/b31-19+/t33-/m0/s1. The van der Waals surface area contributed by atoms with Crippen molar-refractivity contribution < 1.29 is 19.0 Å². The lowest BCUT2D eigenvalue weighted by Gasteiger charge is -2.25. The molecule has 0 radical (unpaired) electrons. The third-order valence-corrected chi connectivity index (χ3v) is 9.57. The summed E-state index contributed by atoms with van der Waals surface area (Å²) in [5.41, 5.74) is 4.03. The van der Waals surface area contributed by atoms with Crippen LogP contribution in [0.3, 0.4) is 0 Å². The number of methoxy groups -OCH3 is 2. The summed E-state index contributed by atoms with van der Waals surface area (Å²) in [6.45, 7) is 1.98. The number of ether oxygens (including phenoxy) is 3. The molecule has 0 bridgehead atoms. The van der Waals surface area contributed by atoms with Crippen LogP contribution < -0.4 is 34.4 Å². The van der Waals surface area contributed by atoms with Gasteiger partial charge in [0.15, 0.2) is 16.3 Å². The van der Waals surface area contributed by atoms with Gasteiger partial charge in [-0.2, -0.15) is 5.26 Å². The van der Waals surface area contributed by atoms with Crippen molar-refractivity contribution in [2.75, 3.05) is 19.5 Å². The van der Waals surface area contributed by atoms with E-state index >= 15 is 0 Å². The lowest BCUT2D eigenvalue weighted by molar-refractivity contribution is -0.113. The largest absolute Gasteiger partial charge is 0.497 e. The van der Waals surface area contributed by atoms with E-state index in [9.17, 15) is 14.9 Å². The van der Waals surface area contributed by atoms with Crippen molar-refractivity contribution in [3.8, 4) is 23.3 Å². The third kappa shape index (κ3) is 6.62. The second-order valence-electron chi connectivity index (χ2n) is 10.8. The molecule has 0 fully saturated rings. The predicted octanol–water partition coefficient (Wildman–Crippen LogP) is 5.95. The van der Waals surface area contributed by atoms with E-state index in [0.717, 1.165) is 20.3 Å².